The third-order valence-electron chi connectivity index (χ3n) is 3.41. The standard InChI is InChI=1S/C17H13NO2/c19-16-11-12(8-9-13-5-3-4-10-18-13)17(20)15-7-2-1-6-14(15)16/h1-7,10-11H,8-9H2. The Kier molecular flexibility index (Phi) is 3.25. The Morgan fingerprint density at radius 3 is 2.35 bits per heavy atom. The highest BCUT2D eigenvalue weighted by Gasteiger charge is 2.24. The second kappa shape index (κ2) is 5.21. The van der Waals surface area contributed by atoms with Crippen molar-refractivity contribution in [2.24, 2.45) is 0 Å². The van der Waals surface area contributed by atoms with Gasteiger partial charge in [-0.05, 0) is 31.1 Å². The van der Waals surface area contributed by atoms with Crippen molar-refractivity contribution in [3.05, 3.63) is 77.1 Å². The zero-order chi connectivity index (χ0) is 13.9. The normalized spacial score (nSPS) is 13.9. The molecule has 0 unspecified atom stereocenters. The summed E-state index contributed by atoms with van der Waals surface area (Å²) in [5, 5.41) is 0. The van der Waals surface area contributed by atoms with Gasteiger partial charge in [0.05, 0.1) is 0 Å². The van der Waals surface area contributed by atoms with Crippen LogP contribution in [0.4, 0.5) is 0 Å². The highest BCUT2D eigenvalue weighted by molar-refractivity contribution is 6.24. The Bertz CT molecular complexity index is 702. The molecule has 3 nitrogen and oxygen atoms in total. The molecule has 0 radical (unpaired) electrons. The molecule has 0 atom stereocenters. The molecule has 1 aromatic carbocycles. The number of carbonyl (C=O) groups excluding carboxylic acids is 2. The van der Waals surface area contributed by atoms with Crippen LogP contribution in [0.15, 0.2) is 60.3 Å². The first-order valence-corrected chi connectivity index (χ1v) is 6.54. The number of Topliss-reactive ketones (excluding diaryl/α,β-unsaturated/α-hetero) is 1. The summed E-state index contributed by atoms with van der Waals surface area (Å²) >= 11 is 0. The van der Waals surface area contributed by atoms with E-state index in [-0.39, 0.29) is 11.6 Å². The quantitative estimate of drug-likeness (QED) is 0.855. The van der Waals surface area contributed by atoms with E-state index in [1.807, 2.05) is 18.2 Å². The Morgan fingerprint density at radius 2 is 1.60 bits per heavy atom. The molecule has 0 aliphatic heterocycles. The van der Waals surface area contributed by atoms with Gasteiger partial charge in [0.15, 0.2) is 11.6 Å². The summed E-state index contributed by atoms with van der Waals surface area (Å²) in [6, 6.07) is 12.7. The molecule has 3 rings (SSSR count). The molecule has 1 aliphatic carbocycles. The first-order chi connectivity index (χ1) is 9.75. The molecule has 2 aromatic rings. The highest BCUT2D eigenvalue weighted by Crippen LogP contribution is 2.23. The maximum Gasteiger partial charge on any atom is 0.189 e. The molecule has 1 aromatic heterocycles. The van der Waals surface area contributed by atoms with Crippen molar-refractivity contribution in [2.75, 3.05) is 0 Å². The predicted octanol–water partition coefficient (Wildman–Crippen LogP) is 3.02. The van der Waals surface area contributed by atoms with Crippen LogP contribution in [0, 0.1) is 0 Å². The summed E-state index contributed by atoms with van der Waals surface area (Å²) in [7, 11) is 0. The number of hydrogen-bond donors (Lipinski definition) is 0. The third-order valence-corrected chi connectivity index (χ3v) is 3.41. The molecule has 0 N–H and O–H groups in total. The lowest BCUT2D eigenvalue weighted by atomic mass is 9.87. The summed E-state index contributed by atoms with van der Waals surface area (Å²) in [5.74, 6) is -0.132. The largest absolute Gasteiger partial charge is 0.289 e. The van der Waals surface area contributed by atoms with Crippen molar-refractivity contribution >= 4 is 11.6 Å². The minimum Gasteiger partial charge on any atom is -0.289 e. The van der Waals surface area contributed by atoms with Crippen molar-refractivity contribution < 1.29 is 9.59 Å². The number of pyridine rings is 1. The van der Waals surface area contributed by atoms with Crippen molar-refractivity contribution in [1.82, 2.24) is 4.98 Å². The second-order valence-corrected chi connectivity index (χ2v) is 4.73. The van der Waals surface area contributed by atoms with Crippen LogP contribution in [0.1, 0.15) is 32.8 Å². The maximum atomic E-state index is 12.3. The molecule has 0 saturated carbocycles. The molecule has 0 amide bonds. The van der Waals surface area contributed by atoms with Crippen molar-refractivity contribution in [1.29, 1.82) is 0 Å². The van der Waals surface area contributed by atoms with Crippen LogP contribution in [0.3, 0.4) is 0 Å². The fraction of sp³-hybridized carbons (Fsp3) is 0.118. The average Bonchev–Trinajstić information content (AvgIpc) is 2.50. The molecule has 1 heterocycles. The van der Waals surface area contributed by atoms with Gasteiger partial charge in [0, 0.05) is 28.6 Å². The van der Waals surface area contributed by atoms with Gasteiger partial charge in [-0.2, -0.15) is 0 Å². The number of rotatable bonds is 3. The zero-order valence-corrected chi connectivity index (χ0v) is 10.9. The number of allylic oxidation sites excluding steroid dienone is 2. The van der Waals surface area contributed by atoms with Gasteiger partial charge in [0.2, 0.25) is 0 Å². The molecule has 0 spiro atoms. The third kappa shape index (κ3) is 2.30. The number of nitrogens with zero attached hydrogens (tertiary/aromatic N) is 1. The van der Waals surface area contributed by atoms with Crippen LogP contribution in [0.25, 0.3) is 0 Å². The lowest BCUT2D eigenvalue weighted by Crippen LogP contribution is -2.17. The smallest absolute Gasteiger partial charge is 0.189 e. The van der Waals surface area contributed by atoms with E-state index < -0.39 is 0 Å². The van der Waals surface area contributed by atoms with E-state index in [9.17, 15) is 9.59 Å². The van der Waals surface area contributed by atoms with Crippen LogP contribution >= 0.6 is 0 Å². The topological polar surface area (TPSA) is 47.0 Å². The van der Waals surface area contributed by atoms with Crippen LogP contribution in [-0.2, 0) is 6.42 Å². The van der Waals surface area contributed by atoms with E-state index in [0.29, 0.717) is 29.5 Å². The Balaban J connectivity index is 1.82. The molecule has 0 bridgehead atoms. The molecule has 20 heavy (non-hydrogen) atoms. The van der Waals surface area contributed by atoms with Crippen LogP contribution in [0.2, 0.25) is 0 Å². The second-order valence-electron chi connectivity index (χ2n) is 4.73. The molecular formula is C17H13NO2. The molecule has 0 fully saturated rings. The fourth-order valence-corrected chi connectivity index (χ4v) is 2.36. The van der Waals surface area contributed by atoms with Gasteiger partial charge in [0.1, 0.15) is 0 Å². The van der Waals surface area contributed by atoms with Crippen molar-refractivity contribution in [3.63, 3.8) is 0 Å². The Hall–Kier alpha value is -2.55. The predicted molar refractivity (Wildman–Crippen MR) is 75.7 cm³/mol. The van der Waals surface area contributed by atoms with Crippen molar-refractivity contribution in [2.45, 2.75) is 12.8 Å². The van der Waals surface area contributed by atoms with E-state index in [4.69, 9.17) is 0 Å². The molecular weight excluding hydrogens is 250 g/mol. The number of benzene rings is 1. The SMILES string of the molecule is O=C1C=C(CCc2ccccn2)C(=O)c2ccccc21. The fourth-order valence-electron chi connectivity index (χ4n) is 2.36. The maximum absolute atomic E-state index is 12.3. The summed E-state index contributed by atoms with van der Waals surface area (Å²) < 4.78 is 0. The lowest BCUT2D eigenvalue weighted by Gasteiger charge is -2.14. The molecule has 0 saturated heterocycles. The first-order valence-electron chi connectivity index (χ1n) is 6.54. The van der Waals surface area contributed by atoms with Crippen LogP contribution in [-0.4, -0.2) is 16.6 Å². The minimum absolute atomic E-state index is 0.0452. The summed E-state index contributed by atoms with van der Waals surface area (Å²) in [6.07, 6.45) is 4.39. The van der Waals surface area contributed by atoms with E-state index >= 15 is 0 Å². The number of hydrogen-bond acceptors (Lipinski definition) is 3. The summed E-state index contributed by atoms with van der Waals surface area (Å²) in [6.45, 7) is 0. The number of aromatic nitrogens is 1. The highest BCUT2D eigenvalue weighted by atomic mass is 16.1. The van der Waals surface area contributed by atoms with Gasteiger partial charge in [-0.25, -0.2) is 0 Å². The lowest BCUT2D eigenvalue weighted by molar-refractivity contribution is 0.0981. The number of aryl methyl sites for hydroxylation is 1. The average molecular weight is 263 g/mol. The van der Waals surface area contributed by atoms with Crippen molar-refractivity contribution in [3.8, 4) is 0 Å². The molecule has 98 valence electrons. The summed E-state index contributed by atoms with van der Waals surface area (Å²) in [4.78, 5) is 28.6. The Morgan fingerprint density at radius 1 is 0.850 bits per heavy atom. The number of fused-ring (bicyclic) bond motifs is 1. The molecule has 1 aliphatic rings. The van der Waals surface area contributed by atoms with Gasteiger partial charge in [-0.1, -0.05) is 30.3 Å². The molecule has 3 heteroatoms. The van der Waals surface area contributed by atoms with Gasteiger partial charge in [-0.15, -0.1) is 0 Å². The van der Waals surface area contributed by atoms with Gasteiger partial charge in [0.25, 0.3) is 0 Å². The van der Waals surface area contributed by atoms with E-state index in [1.54, 1.807) is 30.5 Å². The van der Waals surface area contributed by atoms with Gasteiger partial charge in [-0.3, -0.25) is 14.6 Å². The number of carbonyl (C=O) groups is 2. The zero-order valence-electron chi connectivity index (χ0n) is 10.9. The number of ketones is 2. The van der Waals surface area contributed by atoms with E-state index in [2.05, 4.69) is 4.98 Å². The Labute approximate surface area is 117 Å². The first kappa shape index (κ1) is 12.5. The summed E-state index contributed by atoms with van der Waals surface area (Å²) in [5.41, 5.74) is 2.50. The van der Waals surface area contributed by atoms with Gasteiger partial charge >= 0.3 is 0 Å². The van der Waals surface area contributed by atoms with Crippen LogP contribution in [0.5, 0.6) is 0 Å². The van der Waals surface area contributed by atoms with Gasteiger partial charge < -0.3 is 0 Å². The minimum atomic E-state index is -0.0868. The monoisotopic (exact) mass is 263 g/mol. The van der Waals surface area contributed by atoms with Crippen LogP contribution < -0.4 is 0 Å². The van der Waals surface area contributed by atoms with E-state index in [0.717, 1.165) is 5.69 Å². The van der Waals surface area contributed by atoms with E-state index in [1.165, 1.54) is 6.08 Å².